The van der Waals surface area contributed by atoms with Crippen LogP contribution in [0.15, 0.2) is 30.3 Å². The molecule has 26 heavy (non-hydrogen) atoms. The van der Waals surface area contributed by atoms with Crippen LogP contribution in [0.2, 0.25) is 0 Å². The molecule has 2 heterocycles. The smallest absolute Gasteiger partial charge is 0.214 e. The molecule has 3 rings (SSSR count). The van der Waals surface area contributed by atoms with E-state index in [0.29, 0.717) is 24.4 Å². The zero-order valence-electron chi connectivity index (χ0n) is 14.7. The average Bonchev–Trinajstić information content (AvgIpc) is 3.09. The van der Waals surface area contributed by atoms with E-state index < -0.39 is 10.0 Å². The van der Waals surface area contributed by atoms with Crippen LogP contribution in [0.1, 0.15) is 26.7 Å². The van der Waals surface area contributed by atoms with Gasteiger partial charge < -0.3 is 4.90 Å². The third-order valence-corrected chi connectivity index (χ3v) is 7.26. The third-order valence-electron chi connectivity index (χ3n) is 4.40. The molecule has 0 saturated carbocycles. The summed E-state index contributed by atoms with van der Waals surface area (Å²) in [5.74, 6) is -0.366. The molecule has 0 spiro atoms. The molecule has 1 aliphatic rings. The Bertz CT molecular complexity index is 842. The van der Waals surface area contributed by atoms with Crippen LogP contribution in [0.5, 0.6) is 0 Å². The first-order valence-electron chi connectivity index (χ1n) is 8.55. The summed E-state index contributed by atoms with van der Waals surface area (Å²) in [5, 5.41) is 0.807. The van der Waals surface area contributed by atoms with Gasteiger partial charge in [-0.05, 0) is 12.6 Å². The Morgan fingerprint density at radius 3 is 2.58 bits per heavy atom. The second-order valence-electron chi connectivity index (χ2n) is 6.40. The average molecular weight is 393 g/mol. The van der Waals surface area contributed by atoms with Gasteiger partial charge in [-0.3, -0.25) is 4.79 Å². The van der Waals surface area contributed by atoms with Crippen molar-refractivity contribution in [1.29, 1.82) is 0 Å². The lowest BCUT2D eigenvalue weighted by Gasteiger charge is -2.31. The maximum absolute atomic E-state index is 12.4. The van der Waals surface area contributed by atoms with Gasteiger partial charge in [0.2, 0.25) is 10.0 Å². The fourth-order valence-electron chi connectivity index (χ4n) is 2.77. The van der Waals surface area contributed by atoms with E-state index in [0.717, 1.165) is 23.7 Å². The van der Waals surface area contributed by atoms with E-state index in [9.17, 15) is 13.2 Å². The van der Waals surface area contributed by atoms with Crippen LogP contribution in [-0.2, 0) is 16.4 Å². The van der Waals surface area contributed by atoms with Crippen molar-refractivity contribution < 1.29 is 13.2 Å². The van der Waals surface area contributed by atoms with Crippen molar-refractivity contribution >= 4 is 27.1 Å². The molecular formula is C18H22N3O3S2. The van der Waals surface area contributed by atoms with E-state index in [4.69, 9.17) is 0 Å². The summed E-state index contributed by atoms with van der Waals surface area (Å²) in [6.07, 6.45) is 3.37. The number of benzene rings is 1. The van der Waals surface area contributed by atoms with Crippen molar-refractivity contribution in [2.75, 3.05) is 39.0 Å². The first-order valence-corrected chi connectivity index (χ1v) is 11.0. The van der Waals surface area contributed by atoms with Crippen LogP contribution in [0.3, 0.4) is 0 Å². The minimum Gasteiger partial charge on any atom is -0.304 e. The van der Waals surface area contributed by atoms with Gasteiger partial charge in [0.25, 0.3) is 0 Å². The van der Waals surface area contributed by atoms with Crippen LogP contribution >= 0.6 is 11.3 Å². The van der Waals surface area contributed by atoms with Crippen LogP contribution < -0.4 is 0 Å². The fourth-order valence-corrected chi connectivity index (χ4v) is 5.07. The van der Waals surface area contributed by atoms with Crippen molar-refractivity contribution in [1.82, 2.24) is 14.2 Å². The molecule has 0 amide bonds. The molecule has 1 aromatic carbocycles. The van der Waals surface area contributed by atoms with Crippen molar-refractivity contribution in [3.63, 3.8) is 0 Å². The molecule has 2 aromatic rings. The SMILES string of the molecule is CN1CCN(S(=O)(=O)CCC(=O)c2[c]nc(Cc3ccccc3)s2)CC1. The summed E-state index contributed by atoms with van der Waals surface area (Å²) in [4.78, 5) is 19.0. The first-order chi connectivity index (χ1) is 12.4. The number of likely N-dealkylation sites (N-methyl/N-ethyl adjacent to an activating group) is 1. The Morgan fingerprint density at radius 2 is 1.88 bits per heavy atom. The number of hydrogen-bond acceptors (Lipinski definition) is 6. The standard InChI is InChI=1S/C18H22N3O3S2/c1-20-8-10-21(11-9-20)26(23,24)12-7-16(22)17-14-19-18(25-17)13-15-5-3-2-4-6-15/h2-6H,7-13H2,1H3. The van der Waals surface area contributed by atoms with E-state index in [1.807, 2.05) is 37.4 Å². The van der Waals surface area contributed by atoms with Gasteiger partial charge in [-0.1, -0.05) is 30.3 Å². The molecule has 0 unspecified atom stereocenters. The number of carbonyl (C=O) groups excluding carboxylic acids is 1. The monoisotopic (exact) mass is 392 g/mol. The van der Waals surface area contributed by atoms with Gasteiger partial charge >= 0.3 is 0 Å². The number of nitrogens with zero attached hydrogens (tertiary/aromatic N) is 3. The minimum atomic E-state index is -3.40. The third kappa shape index (κ3) is 4.97. The summed E-state index contributed by atoms with van der Waals surface area (Å²) < 4.78 is 26.3. The van der Waals surface area contributed by atoms with E-state index >= 15 is 0 Å². The molecule has 1 saturated heterocycles. The summed E-state index contributed by atoms with van der Waals surface area (Å²) in [6, 6.07) is 9.88. The van der Waals surface area contributed by atoms with Crippen LogP contribution in [0.4, 0.5) is 0 Å². The largest absolute Gasteiger partial charge is 0.304 e. The summed E-state index contributed by atoms with van der Waals surface area (Å²) in [5.41, 5.74) is 1.12. The Balaban J connectivity index is 1.55. The van der Waals surface area contributed by atoms with E-state index in [1.165, 1.54) is 15.6 Å². The summed E-state index contributed by atoms with van der Waals surface area (Å²) in [7, 11) is -1.42. The number of hydrogen-bond donors (Lipinski definition) is 0. The van der Waals surface area contributed by atoms with E-state index in [-0.39, 0.29) is 18.0 Å². The highest BCUT2D eigenvalue weighted by molar-refractivity contribution is 7.89. The van der Waals surface area contributed by atoms with Gasteiger partial charge in [0.15, 0.2) is 5.78 Å². The second-order valence-corrected chi connectivity index (χ2v) is 9.57. The number of sulfonamides is 1. The zero-order valence-corrected chi connectivity index (χ0v) is 16.4. The van der Waals surface area contributed by atoms with Crippen molar-refractivity contribution in [3.05, 3.63) is 52.0 Å². The predicted octanol–water partition coefficient (Wildman–Crippen LogP) is 1.68. The normalized spacial score (nSPS) is 16.7. The maximum atomic E-state index is 12.4. The number of aromatic nitrogens is 1. The van der Waals surface area contributed by atoms with Gasteiger partial charge in [-0.15, -0.1) is 11.3 Å². The van der Waals surface area contributed by atoms with Crippen LogP contribution in [-0.4, -0.2) is 67.4 Å². The Morgan fingerprint density at radius 1 is 1.19 bits per heavy atom. The Labute approximate surface area is 158 Å². The molecule has 139 valence electrons. The Hall–Kier alpha value is -1.61. The van der Waals surface area contributed by atoms with Gasteiger partial charge in [0.1, 0.15) is 6.20 Å². The molecule has 0 atom stereocenters. The predicted molar refractivity (Wildman–Crippen MR) is 102 cm³/mol. The molecule has 8 heteroatoms. The highest BCUT2D eigenvalue weighted by Gasteiger charge is 2.26. The van der Waals surface area contributed by atoms with Crippen LogP contribution in [0, 0.1) is 6.20 Å². The lowest BCUT2D eigenvalue weighted by molar-refractivity contribution is 0.0991. The number of carbonyl (C=O) groups is 1. The molecule has 1 radical (unpaired) electrons. The molecule has 1 fully saturated rings. The molecule has 0 bridgehead atoms. The fraction of sp³-hybridized carbons (Fsp3) is 0.444. The lowest BCUT2D eigenvalue weighted by atomic mass is 10.2. The van der Waals surface area contributed by atoms with E-state index in [2.05, 4.69) is 16.1 Å². The van der Waals surface area contributed by atoms with Crippen molar-refractivity contribution in [3.8, 4) is 0 Å². The number of Topliss-reactive ketones (excluding diaryl/α,β-unsaturated/α-hetero) is 1. The summed E-state index contributed by atoms with van der Waals surface area (Å²) in [6.45, 7) is 2.42. The quantitative estimate of drug-likeness (QED) is 0.671. The highest BCUT2D eigenvalue weighted by Crippen LogP contribution is 2.18. The molecule has 1 aliphatic heterocycles. The molecule has 0 aliphatic carbocycles. The molecular weight excluding hydrogens is 370 g/mol. The molecule has 6 nitrogen and oxygen atoms in total. The van der Waals surface area contributed by atoms with Gasteiger partial charge in [-0.25, -0.2) is 13.4 Å². The van der Waals surface area contributed by atoms with Crippen molar-refractivity contribution in [2.45, 2.75) is 12.8 Å². The topological polar surface area (TPSA) is 70.6 Å². The number of thiazole rings is 1. The van der Waals surface area contributed by atoms with Crippen LogP contribution in [0.25, 0.3) is 0 Å². The van der Waals surface area contributed by atoms with Gasteiger partial charge in [0, 0.05) is 39.0 Å². The maximum Gasteiger partial charge on any atom is 0.214 e. The molecule has 1 aromatic heterocycles. The van der Waals surface area contributed by atoms with Gasteiger partial charge in [0.05, 0.1) is 15.6 Å². The zero-order chi connectivity index (χ0) is 18.6. The highest BCUT2D eigenvalue weighted by atomic mass is 32.2. The second kappa shape index (κ2) is 8.39. The Kier molecular flexibility index (Phi) is 6.18. The summed E-state index contributed by atoms with van der Waals surface area (Å²) >= 11 is 1.29. The number of ketones is 1. The lowest BCUT2D eigenvalue weighted by Crippen LogP contribution is -2.47. The number of rotatable bonds is 7. The first kappa shape index (κ1) is 19.2. The van der Waals surface area contributed by atoms with Crippen molar-refractivity contribution in [2.24, 2.45) is 0 Å². The van der Waals surface area contributed by atoms with E-state index in [1.54, 1.807) is 0 Å². The molecule has 0 N–H and O–H groups in total. The number of piperazine rings is 1. The minimum absolute atomic E-state index is 0.0296. The van der Waals surface area contributed by atoms with Gasteiger partial charge in [-0.2, -0.15) is 4.31 Å².